The monoisotopic (exact) mass is 325 g/mol. The van der Waals surface area contributed by atoms with Crippen LogP contribution in [0.5, 0.6) is 0 Å². The molecular weight excluding hydrogens is 306 g/mol. The maximum Gasteiger partial charge on any atom is 0.152 e. The third-order valence-corrected chi connectivity index (χ3v) is 6.36. The zero-order valence-electron chi connectivity index (χ0n) is 12.0. The number of nitrogens with zero attached hydrogens (tertiary/aromatic N) is 1. The van der Waals surface area contributed by atoms with Crippen LogP contribution in [0.15, 0.2) is 6.07 Å². The van der Waals surface area contributed by atoms with E-state index in [0.29, 0.717) is 17.2 Å². The summed E-state index contributed by atoms with van der Waals surface area (Å²) in [7, 11) is -2.97. The number of nitrogens with two attached hydrogens (primary N) is 1. The van der Waals surface area contributed by atoms with Crippen LogP contribution in [-0.4, -0.2) is 35.4 Å². The maximum atomic E-state index is 11.7. The number of pyridine rings is 1. The molecule has 0 amide bonds. The fraction of sp³-hybridized carbons (Fsp3) is 0.571. The van der Waals surface area contributed by atoms with E-state index in [2.05, 4.69) is 10.3 Å². The van der Waals surface area contributed by atoms with E-state index in [-0.39, 0.29) is 11.5 Å². The highest BCUT2D eigenvalue weighted by molar-refractivity contribution is 7.91. The highest BCUT2D eigenvalue weighted by atomic mass is 32.2. The zero-order valence-corrected chi connectivity index (χ0v) is 13.6. The summed E-state index contributed by atoms with van der Waals surface area (Å²) >= 11 is 5.12. The molecule has 1 unspecified atom stereocenters. The number of aromatic nitrogens is 1. The van der Waals surface area contributed by atoms with Crippen molar-refractivity contribution in [3.8, 4) is 0 Å². The first-order chi connectivity index (χ1) is 9.78. The van der Waals surface area contributed by atoms with E-state index in [9.17, 15) is 8.42 Å². The minimum absolute atomic E-state index is 0.121. The van der Waals surface area contributed by atoms with Gasteiger partial charge in [0, 0.05) is 5.69 Å². The molecule has 0 spiro atoms. The predicted octanol–water partition coefficient (Wildman–Crippen LogP) is 1.19. The summed E-state index contributed by atoms with van der Waals surface area (Å²) in [5.41, 5.74) is 8.30. The highest BCUT2D eigenvalue weighted by Crippen LogP contribution is 2.31. The van der Waals surface area contributed by atoms with Gasteiger partial charge in [-0.15, -0.1) is 0 Å². The van der Waals surface area contributed by atoms with Crippen molar-refractivity contribution in [2.45, 2.75) is 38.1 Å². The Labute approximate surface area is 130 Å². The van der Waals surface area contributed by atoms with Crippen molar-refractivity contribution in [3.05, 3.63) is 22.9 Å². The smallest absolute Gasteiger partial charge is 0.152 e. The van der Waals surface area contributed by atoms with Gasteiger partial charge in [0.25, 0.3) is 0 Å². The molecule has 1 aliphatic carbocycles. The number of nitrogens with one attached hydrogen (secondary N) is 1. The van der Waals surface area contributed by atoms with E-state index in [1.54, 1.807) is 0 Å². The van der Waals surface area contributed by atoms with Crippen LogP contribution < -0.4 is 11.1 Å². The van der Waals surface area contributed by atoms with Gasteiger partial charge in [-0.1, -0.05) is 12.2 Å². The topological polar surface area (TPSA) is 85.1 Å². The van der Waals surface area contributed by atoms with Gasteiger partial charge in [-0.3, -0.25) is 0 Å². The van der Waals surface area contributed by atoms with Crippen molar-refractivity contribution in [3.63, 3.8) is 0 Å². The van der Waals surface area contributed by atoms with Crippen LogP contribution in [0.3, 0.4) is 0 Å². The third-order valence-electron chi connectivity index (χ3n) is 4.24. The lowest BCUT2D eigenvalue weighted by Crippen LogP contribution is -2.37. The van der Waals surface area contributed by atoms with E-state index < -0.39 is 15.4 Å². The Kier molecular flexibility index (Phi) is 3.44. The summed E-state index contributed by atoms with van der Waals surface area (Å²) in [6.45, 7) is 1.91. The molecule has 1 fully saturated rings. The molecule has 1 atom stereocenters. The van der Waals surface area contributed by atoms with Crippen molar-refractivity contribution >= 4 is 32.9 Å². The van der Waals surface area contributed by atoms with Gasteiger partial charge in [-0.05, 0) is 44.2 Å². The molecule has 0 saturated carbocycles. The van der Waals surface area contributed by atoms with E-state index in [1.165, 1.54) is 5.56 Å². The van der Waals surface area contributed by atoms with Crippen LogP contribution >= 0.6 is 12.2 Å². The summed E-state index contributed by atoms with van der Waals surface area (Å²) in [5, 5.41) is 3.29. The second kappa shape index (κ2) is 4.91. The number of hydrogen-bond acceptors (Lipinski definition) is 5. The Morgan fingerprint density at radius 3 is 2.86 bits per heavy atom. The number of hydrogen-bond donors (Lipinski definition) is 2. The summed E-state index contributed by atoms with van der Waals surface area (Å²) in [6, 6.07) is 2.01. The molecule has 1 saturated heterocycles. The van der Waals surface area contributed by atoms with Gasteiger partial charge in [0.05, 0.1) is 22.6 Å². The summed E-state index contributed by atoms with van der Waals surface area (Å²) < 4.78 is 23.5. The van der Waals surface area contributed by atoms with Gasteiger partial charge in [0.15, 0.2) is 9.84 Å². The third kappa shape index (κ3) is 2.89. The second-order valence-corrected chi connectivity index (χ2v) is 8.86. The molecule has 2 heterocycles. The minimum Gasteiger partial charge on any atom is -0.389 e. The predicted molar refractivity (Wildman–Crippen MR) is 87.4 cm³/mol. The van der Waals surface area contributed by atoms with Gasteiger partial charge in [-0.2, -0.15) is 0 Å². The molecule has 3 N–H and O–H groups in total. The average molecular weight is 325 g/mol. The van der Waals surface area contributed by atoms with Crippen LogP contribution in [0, 0.1) is 0 Å². The normalized spacial score (nSPS) is 26.5. The Balaban J connectivity index is 1.97. The SMILES string of the molecule is CC1(Nc2nc3c(cc2C(N)=S)CCC3)CCS(=O)(=O)C1. The van der Waals surface area contributed by atoms with Crippen molar-refractivity contribution in [2.24, 2.45) is 5.73 Å². The quantitative estimate of drug-likeness (QED) is 0.812. The fourth-order valence-electron chi connectivity index (χ4n) is 3.15. The molecule has 7 heteroatoms. The number of anilines is 1. The lowest BCUT2D eigenvalue weighted by molar-refractivity contribution is 0.571. The lowest BCUT2D eigenvalue weighted by Gasteiger charge is -2.26. The highest BCUT2D eigenvalue weighted by Gasteiger charge is 2.39. The number of rotatable bonds is 3. The molecule has 0 aromatic carbocycles. The van der Waals surface area contributed by atoms with Crippen molar-refractivity contribution < 1.29 is 8.42 Å². The number of thiocarbonyl (C=S) groups is 1. The van der Waals surface area contributed by atoms with Crippen LogP contribution in [-0.2, 0) is 22.7 Å². The number of sulfone groups is 1. The van der Waals surface area contributed by atoms with Gasteiger partial charge >= 0.3 is 0 Å². The Morgan fingerprint density at radius 1 is 1.48 bits per heavy atom. The van der Waals surface area contributed by atoms with Crippen LogP contribution in [0.2, 0.25) is 0 Å². The van der Waals surface area contributed by atoms with Crippen molar-refractivity contribution in [1.29, 1.82) is 0 Å². The van der Waals surface area contributed by atoms with Gasteiger partial charge < -0.3 is 11.1 Å². The summed E-state index contributed by atoms with van der Waals surface area (Å²) in [5.74, 6) is 0.960. The first-order valence-electron chi connectivity index (χ1n) is 7.09. The van der Waals surface area contributed by atoms with E-state index in [0.717, 1.165) is 30.5 Å². The van der Waals surface area contributed by atoms with Gasteiger partial charge in [-0.25, -0.2) is 13.4 Å². The summed E-state index contributed by atoms with van der Waals surface area (Å²) in [4.78, 5) is 4.95. The van der Waals surface area contributed by atoms with Gasteiger partial charge in [0.1, 0.15) is 10.8 Å². The van der Waals surface area contributed by atoms with E-state index in [4.69, 9.17) is 18.0 Å². The van der Waals surface area contributed by atoms with Crippen LogP contribution in [0.25, 0.3) is 0 Å². The molecule has 0 radical (unpaired) electrons. The van der Waals surface area contributed by atoms with Crippen molar-refractivity contribution in [2.75, 3.05) is 16.8 Å². The fourth-order valence-corrected chi connectivity index (χ4v) is 5.40. The molecule has 5 nitrogen and oxygen atoms in total. The largest absolute Gasteiger partial charge is 0.389 e. The molecule has 2 aliphatic rings. The standard InChI is InChI=1S/C14H19N3O2S2/c1-14(5-6-21(18,19)8-14)17-13-10(12(15)20)7-9-3-2-4-11(9)16-13/h7H,2-6,8H2,1H3,(H2,15,20)(H,16,17). The van der Waals surface area contributed by atoms with Crippen molar-refractivity contribution in [1.82, 2.24) is 4.98 Å². The summed E-state index contributed by atoms with van der Waals surface area (Å²) in [6.07, 6.45) is 3.62. The minimum atomic E-state index is -2.97. The molecule has 21 heavy (non-hydrogen) atoms. The number of fused-ring (bicyclic) bond motifs is 1. The molecular formula is C14H19N3O2S2. The molecule has 3 rings (SSSR count). The Bertz CT molecular complexity index is 715. The van der Waals surface area contributed by atoms with Gasteiger partial charge in [0.2, 0.25) is 0 Å². The van der Waals surface area contributed by atoms with Crippen LogP contribution in [0.4, 0.5) is 5.82 Å². The lowest BCUT2D eigenvalue weighted by atomic mass is 10.0. The van der Waals surface area contributed by atoms with Crippen LogP contribution in [0.1, 0.15) is 36.6 Å². The van der Waals surface area contributed by atoms with E-state index in [1.807, 2.05) is 13.0 Å². The maximum absolute atomic E-state index is 11.7. The molecule has 1 aromatic rings. The zero-order chi connectivity index (χ0) is 15.3. The Morgan fingerprint density at radius 2 is 2.24 bits per heavy atom. The Hall–Kier alpha value is -1.21. The molecule has 0 bridgehead atoms. The second-order valence-electron chi connectivity index (χ2n) is 6.24. The first-order valence-corrected chi connectivity index (χ1v) is 9.32. The number of aryl methyl sites for hydroxylation is 2. The van der Waals surface area contributed by atoms with E-state index >= 15 is 0 Å². The molecule has 1 aromatic heterocycles. The average Bonchev–Trinajstić information content (AvgIpc) is 2.92. The molecule has 114 valence electrons. The molecule has 1 aliphatic heterocycles. The first kappa shape index (κ1) is 14.7.